The number of para-hydroxylation sites is 1. The van der Waals surface area contributed by atoms with Gasteiger partial charge in [0.2, 0.25) is 0 Å². The molecule has 0 heterocycles. The standard InChI is InChI=1S/C8H10ClNO2/c9-7-3-1-2-6(8(7)11)4-5-12-10/h1-3,11H,4-5,10H2. The molecule has 0 saturated carbocycles. The van der Waals surface area contributed by atoms with Gasteiger partial charge in [-0.15, -0.1) is 0 Å². The molecule has 12 heavy (non-hydrogen) atoms. The highest BCUT2D eigenvalue weighted by molar-refractivity contribution is 6.32. The zero-order valence-electron chi connectivity index (χ0n) is 6.46. The summed E-state index contributed by atoms with van der Waals surface area (Å²) in [6.45, 7) is 0.369. The second-order valence-electron chi connectivity index (χ2n) is 2.37. The number of phenols is 1. The number of aromatic hydroxyl groups is 1. The molecule has 1 rings (SSSR count). The molecule has 0 aliphatic heterocycles. The minimum absolute atomic E-state index is 0.108. The molecule has 66 valence electrons. The summed E-state index contributed by atoms with van der Waals surface area (Å²) in [6.07, 6.45) is 0.558. The Kier molecular flexibility index (Phi) is 3.34. The Labute approximate surface area is 75.7 Å². The molecule has 4 heteroatoms. The van der Waals surface area contributed by atoms with Crippen molar-refractivity contribution in [1.29, 1.82) is 0 Å². The van der Waals surface area contributed by atoms with Crippen LogP contribution in [0.15, 0.2) is 18.2 Å². The van der Waals surface area contributed by atoms with Gasteiger partial charge in [-0.05, 0) is 11.6 Å². The van der Waals surface area contributed by atoms with E-state index in [1.165, 1.54) is 0 Å². The first-order valence-corrected chi connectivity index (χ1v) is 3.91. The lowest BCUT2D eigenvalue weighted by molar-refractivity contribution is 0.141. The quantitative estimate of drug-likeness (QED) is 0.705. The Bertz CT molecular complexity index is 265. The van der Waals surface area contributed by atoms with E-state index in [0.717, 1.165) is 5.56 Å². The van der Waals surface area contributed by atoms with Crippen molar-refractivity contribution in [2.24, 2.45) is 5.90 Å². The third-order valence-corrected chi connectivity index (χ3v) is 1.86. The molecule has 0 unspecified atom stereocenters. The van der Waals surface area contributed by atoms with E-state index in [2.05, 4.69) is 4.84 Å². The van der Waals surface area contributed by atoms with Crippen LogP contribution in [0, 0.1) is 0 Å². The maximum absolute atomic E-state index is 9.40. The van der Waals surface area contributed by atoms with Gasteiger partial charge < -0.3 is 9.94 Å². The predicted molar refractivity (Wildman–Crippen MR) is 47.0 cm³/mol. The summed E-state index contributed by atoms with van der Waals surface area (Å²) in [4.78, 5) is 4.39. The van der Waals surface area contributed by atoms with Crippen molar-refractivity contribution in [3.8, 4) is 5.75 Å². The number of halogens is 1. The third-order valence-electron chi connectivity index (χ3n) is 1.56. The smallest absolute Gasteiger partial charge is 0.137 e. The van der Waals surface area contributed by atoms with Gasteiger partial charge in [0.25, 0.3) is 0 Å². The van der Waals surface area contributed by atoms with E-state index in [1.807, 2.05) is 0 Å². The molecule has 0 aliphatic carbocycles. The Morgan fingerprint density at radius 1 is 1.50 bits per heavy atom. The molecule has 0 radical (unpaired) electrons. The van der Waals surface area contributed by atoms with E-state index in [0.29, 0.717) is 18.1 Å². The zero-order valence-corrected chi connectivity index (χ0v) is 7.21. The molecule has 0 atom stereocenters. The van der Waals surface area contributed by atoms with E-state index in [4.69, 9.17) is 17.5 Å². The normalized spacial score (nSPS) is 10.2. The molecule has 3 nitrogen and oxygen atoms in total. The molecule has 0 bridgehead atoms. The van der Waals surface area contributed by atoms with Crippen LogP contribution in [0.5, 0.6) is 5.75 Å². The van der Waals surface area contributed by atoms with Crippen molar-refractivity contribution in [2.45, 2.75) is 6.42 Å². The molecule has 0 fully saturated rings. The number of hydrogen-bond acceptors (Lipinski definition) is 3. The van der Waals surface area contributed by atoms with Crippen LogP contribution in [-0.4, -0.2) is 11.7 Å². The maximum Gasteiger partial charge on any atom is 0.137 e. The fourth-order valence-electron chi connectivity index (χ4n) is 0.931. The van der Waals surface area contributed by atoms with Crippen LogP contribution >= 0.6 is 11.6 Å². The first kappa shape index (κ1) is 9.32. The first-order valence-electron chi connectivity index (χ1n) is 3.53. The second kappa shape index (κ2) is 4.30. The number of phenolic OH excluding ortho intramolecular Hbond substituents is 1. The molecule has 0 saturated heterocycles. The fourth-order valence-corrected chi connectivity index (χ4v) is 1.12. The summed E-state index contributed by atoms with van der Waals surface area (Å²) in [5.74, 6) is 4.96. The number of benzene rings is 1. The molecular weight excluding hydrogens is 178 g/mol. The molecule has 0 aromatic heterocycles. The van der Waals surface area contributed by atoms with Crippen molar-refractivity contribution in [1.82, 2.24) is 0 Å². The summed E-state index contributed by atoms with van der Waals surface area (Å²) in [7, 11) is 0. The van der Waals surface area contributed by atoms with Gasteiger partial charge >= 0.3 is 0 Å². The fraction of sp³-hybridized carbons (Fsp3) is 0.250. The number of rotatable bonds is 3. The lowest BCUT2D eigenvalue weighted by Gasteiger charge is -2.03. The lowest BCUT2D eigenvalue weighted by Crippen LogP contribution is -2.03. The van der Waals surface area contributed by atoms with Crippen LogP contribution in [0.4, 0.5) is 0 Å². The average Bonchev–Trinajstić information content (AvgIpc) is 2.08. The van der Waals surface area contributed by atoms with Crippen molar-refractivity contribution >= 4 is 11.6 Å². The summed E-state index contributed by atoms with van der Waals surface area (Å²) < 4.78 is 0. The second-order valence-corrected chi connectivity index (χ2v) is 2.78. The van der Waals surface area contributed by atoms with Crippen molar-refractivity contribution in [2.75, 3.05) is 6.61 Å². The van der Waals surface area contributed by atoms with Crippen molar-refractivity contribution < 1.29 is 9.94 Å². The van der Waals surface area contributed by atoms with Crippen LogP contribution in [0.1, 0.15) is 5.56 Å². The van der Waals surface area contributed by atoms with Crippen molar-refractivity contribution in [3.63, 3.8) is 0 Å². The van der Waals surface area contributed by atoms with Crippen molar-refractivity contribution in [3.05, 3.63) is 28.8 Å². The Balaban J connectivity index is 2.78. The predicted octanol–water partition coefficient (Wildman–Crippen LogP) is 1.48. The third kappa shape index (κ3) is 2.11. The van der Waals surface area contributed by atoms with Gasteiger partial charge in [-0.3, -0.25) is 0 Å². The van der Waals surface area contributed by atoms with Gasteiger partial charge in [0, 0.05) is 6.42 Å². The molecule has 1 aromatic rings. The SMILES string of the molecule is NOCCc1cccc(Cl)c1O. The van der Waals surface area contributed by atoms with Gasteiger partial charge in [0.1, 0.15) is 5.75 Å². The molecular formula is C8H10ClNO2. The van der Waals surface area contributed by atoms with Gasteiger partial charge in [-0.2, -0.15) is 0 Å². The highest BCUT2D eigenvalue weighted by Gasteiger charge is 2.03. The Morgan fingerprint density at radius 2 is 2.25 bits per heavy atom. The summed E-state index contributed by atoms with van der Waals surface area (Å²) >= 11 is 5.67. The molecule has 0 amide bonds. The van der Waals surface area contributed by atoms with Crippen LogP contribution < -0.4 is 5.90 Å². The van der Waals surface area contributed by atoms with Crippen LogP contribution in [0.25, 0.3) is 0 Å². The number of nitrogens with two attached hydrogens (primary N) is 1. The molecule has 0 spiro atoms. The van der Waals surface area contributed by atoms with Gasteiger partial charge in [0.15, 0.2) is 0 Å². The highest BCUT2D eigenvalue weighted by Crippen LogP contribution is 2.26. The Morgan fingerprint density at radius 3 is 2.92 bits per heavy atom. The zero-order chi connectivity index (χ0) is 8.97. The minimum Gasteiger partial charge on any atom is -0.506 e. The van der Waals surface area contributed by atoms with Gasteiger partial charge in [0.05, 0.1) is 11.6 Å². The molecule has 0 aliphatic rings. The van der Waals surface area contributed by atoms with Crippen LogP contribution in [0.3, 0.4) is 0 Å². The average molecular weight is 188 g/mol. The van der Waals surface area contributed by atoms with E-state index < -0.39 is 0 Å². The molecule has 1 aromatic carbocycles. The lowest BCUT2D eigenvalue weighted by atomic mass is 10.1. The number of hydrogen-bond donors (Lipinski definition) is 2. The topological polar surface area (TPSA) is 55.5 Å². The molecule has 3 N–H and O–H groups in total. The van der Waals surface area contributed by atoms with Gasteiger partial charge in [-0.25, -0.2) is 5.90 Å². The van der Waals surface area contributed by atoms with Crippen LogP contribution in [0.2, 0.25) is 5.02 Å². The highest BCUT2D eigenvalue weighted by atomic mass is 35.5. The largest absolute Gasteiger partial charge is 0.506 e. The van der Waals surface area contributed by atoms with Crippen LogP contribution in [-0.2, 0) is 11.3 Å². The van der Waals surface area contributed by atoms with E-state index >= 15 is 0 Å². The van der Waals surface area contributed by atoms with E-state index in [-0.39, 0.29) is 5.75 Å². The summed E-state index contributed by atoms with van der Waals surface area (Å²) in [5, 5.41) is 9.75. The monoisotopic (exact) mass is 187 g/mol. The van der Waals surface area contributed by atoms with E-state index in [9.17, 15) is 5.11 Å². The summed E-state index contributed by atoms with van der Waals surface area (Å²) in [6, 6.07) is 5.18. The first-order chi connectivity index (χ1) is 5.75. The van der Waals surface area contributed by atoms with Gasteiger partial charge in [-0.1, -0.05) is 23.7 Å². The Hall–Kier alpha value is -0.770. The summed E-state index contributed by atoms with van der Waals surface area (Å²) in [5.41, 5.74) is 0.743. The maximum atomic E-state index is 9.40. The minimum atomic E-state index is 0.108. The van der Waals surface area contributed by atoms with E-state index in [1.54, 1.807) is 18.2 Å².